The van der Waals surface area contributed by atoms with Crippen LogP contribution in [0, 0.1) is 0 Å². The normalized spacial score (nSPS) is 22.1. The second-order valence-electron chi connectivity index (χ2n) is 9.21. The van der Waals surface area contributed by atoms with Crippen LogP contribution in [0.25, 0.3) is 0 Å². The molecule has 4 aliphatic rings. The number of rotatable bonds is 6. The quantitative estimate of drug-likeness (QED) is 0.513. The van der Waals surface area contributed by atoms with Crippen molar-refractivity contribution in [1.82, 2.24) is 15.8 Å². The van der Waals surface area contributed by atoms with Crippen LogP contribution < -0.4 is 16.1 Å². The lowest BCUT2D eigenvalue weighted by atomic mass is 9.95. The van der Waals surface area contributed by atoms with Gasteiger partial charge in [-0.2, -0.15) is 13.2 Å². The van der Waals surface area contributed by atoms with Crippen molar-refractivity contribution in [2.75, 3.05) is 5.32 Å². The van der Waals surface area contributed by atoms with E-state index in [0.29, 0.717) is 24.0 Å². The molecule has 190 valence electrons. The lowest BCUT2D eigenvalue weighted by Crippen LogP contribution is -2.52. The Morgan fingerprint density at radius 3 is 2.53 bits per heavy atom. The van der Waals surface area contributed by atoms with Gasteiger partial charge < -0.3 is 15.4 Å². The summed E-state index contributed by atoms with van der Waals surface area (Å²) in [5, 5.41) is 7.55. The van der Waals surface area contributed by atoms with Crippen LogP contribution in [-0.4, -0.2) is 41.1 Å². The van der Waals surface area contributed by atoms with E-state index in [0.717, 1.165) is 23.4 Å². The van der Waals surface area contributed by atoms with Gasteiger partial charge in [0.1, 0.15) is 5.70 Å². The van der Waals surface area contributed by atoms with Crippen molar-refractivity contribution >= 4 is 23.3 Å². The van der Waals surface area contributed by atoms with Crippen LogP contribution in [0.2, 0.25) is 0 Å². The van der Waals surface area contributed by atoms with Crippen LogP contribution in [0.4, 0.5) is 18.9 Å². The maximum Gasteiger partial charge on any atom is 0.491 e. The minimum absolute atomic E-state index is 0.00121. The van der Waals surface area contributed by atoms with E-state index in [9.17, 15) is 27.6 Å². The predicted molar refractivity (Wildman–Crippen MR) is 123 cm³/mol. The Hall–Kier alpha value is -3.60. The number of ether oxygens (including phenoxy) is 1. The molecule has 1 aromatic carbocycles. The summed E-state index contributed by atoms with van der Waals surface area (Å²) in [5.41, 5.74) is 4.48. The van der Waals surface area contributed by atoms with E-state index in [4.69, 9.17) is 4.74 Å². The number of allylic oxidation sites excluding steroid dienone is 3. The maximum atomic E-state index is 13.0. The Morgan fingerprint density at radius 1 is 1.11 bits per heavy atom. The summed E-state index contributed by atoms with van der Waals surface area (Å²) in [6, 6.07) is 7.80. The minimum Gasteiger partial charge on any atom is -0.429 e. The lowest BCUT2D eigenvalue weighted by molar-refractivity contribution is -0.209. The largest absolute Gasteiger partial charge is 0.491 e. The second kappa shape index (κ2) is 9.45. The fourth-order valence-corrected chi connectivity index (χ4v) is 4.92. The van der Waals surface area contributed by atoms with Gasteiger partial charge in [0.25, 0.3) is 5.91 Å². The molecule has 2 aliphatic carbocycles. The smallest absolute Gasteiger partial charge is 0.429 e. The molecule has 1 atom stereocenters. The Bertz CT molecular complexity index is 1180. The van der Waals surface area contributed by atoms with Gasteiger partial charge in [0.15, 0.2) is 5.78 Å². The second-order valence-corrected chi connectivity index (χ2v) is 9.21. The van der Waals surface area contributed by atoms with E-state index in [-0.39, 0.29) is 29.0 Å². The zero-order valence-corrected chi connectivity index (χ0v) is 19.3. The topological polar surface area (TPSA) is 99.8 Å². The zero-order chi connectivity index (χ0) is 25.4. The van der Waals surface area contributed by atoms with Crippen molar-refractivity contribution < 1.29 is 32.3 Å². The number of fused-ring (bicyclic) bond motifs is 5. The van der Waals surface area contributed by atoms with Crippen molar-refractivity contribution in [3.8, 4) is 0 Å². The summed E-state index contributed by atoms with van der Waals surface area (Å²) in [6.45, 7) is 0.701. The molecule has 36 heavy (non-hydrogen) atoms. The van der Waals surface area contributed by atoms with Gasteiger partial charge in [0.2, 0.25) is 6.23 Å². The van der Waals surface area contributed by atoms with Gasteiger partial charge in [-0.15, -0.1) is 0 Å². The molecular formula is C25H25F3N4O4. The van der Waals surface area contributed by atoms with Crippen molar-refractivity contribution in [3.05, 3.63) is 64.5 Å². The highest BCUT2D eigenvalue weighted by Gasteiger charge is 2.51. The van der Waals surface area contributed by atoms with Crippen LogP contribution in [0.3, 0.4) is 0 Å². The molecule has 2 fully saturated rings. The number of anilines is 1. The number of carbonyl (C=O) groups excluding carboxylic acids is 3. The number of amides is 1. The molecule has 0 radical (unpaired) electrons. The average Bonchev–Trinajstić information content (AvgIpc) is 3.06. The molecule has 1 unspecified atom stereocenters. The summed E-state index contributed by atoms with van der Waals surface area (Å²) in [5.74, 6) is -3.31. The number of esters is 1. The third-order valence-electron chi connectivity index (χ3n) is 6.70. The van der Waals surface area contributed by atoms with E-state index in [1.54, 1.807) is 12.1 Å². The van der Waals surface area contributed by atoms with Gasteiger partial charge in [-0.3, -0.25) is 15.0 Å². The highest BCUT2D eigenvalue weighted by atomic mass is 19.4. The molecule has 3 N–H and O–H groups in total. The minimum atomic E-state index is -5.22. The number of nitrogens with one attached hydrogen (secondary N) is 3. The standard InChI is InChI=1S/C25H25F3N4O4/c26-25(27,28)24(35)36-23-20-18-12-17(33)10-11-19(18)32(23)31-22(34)21(20)30-16-8-6-14(7-9-16)13-29-15-4-2-1-3-5-15/h6-9,11-12,15,23,29-30H,1-5,10,13H2,(H,31,34). The number of hydrogen-bond acceptors (Lipinski definition) is 7. The third kappa shape index (κ3) is 4.75. The Balaban J connectivity index is 1.40. The summed E-state index contributed by atoms with van der Waals surface area (Å²) >= 11 is 0. The SMILES string of the molecule is O=C1C=C2C(=CC1)N1NC(=O)C(Nc3ccc(CNC4CCCCC4)cc3)=C2C1OC(=O)C(F)(F)F. The molecule has 1 saturated carbocycles. The number of carbonyl (C=O) groups is 3. The van der Waals surface area contributed by atoms with Crippen molar-refractivity contribution in [3.63, 3.8) is 0 Å². The number of hydrazine groups is 1. The molecule has 1 saturated heterocycles. The van der Waals surface area contributed by atoms with Crippen LogP contribution in [-0.2, 0) is 25.7 Å². The molecule has 2 aliphatic heterocycles. The first-order valence-corrected chi connectivity index (χ1v) is 11.9. The van der Waals surface area contributed by atoms with Gasteiger partial charge in [0.05, 0.1) is 11.3 Å². The molecule has 1 amide bonds. The maximum absolute atomic E-state index is 13.0. The van der Waals surface area contributed by atoms with E-state index < -0.39 is 24.3 Å². The van der Waals surface area contributed by atoms with Crippen molar-refractivity contribution in [1.29, 1.82) is 0 Å². The molecule has 2 heterocycles. The summed E-state index contributed by atoms with van der Waals surface area (Å²) in [4.78, 5) is 36.6. The molecule has 2 bridgehead atoms. The molecule has 0 aromatic heterocycles. The van der Waals surface area contributed by atoms with E-state index in [2.05, 4.69) is 16.1 Å². The van der Waals surface area contributed by atoms with Crippen molar-refractivity contribution in [2.45, 2.75) is 63.5 Å². The summed E-state index contributed by atoms with van der Waals surface area (Å²) in [6.07, 6.45) is 2.03. The summed E-state index contributed by atoms with van der Waals surface area (Å²) < 4.78 is 43.6. The number of alkyl halides is 3. The third-order valence-corrected chi connectivity index (χ3v) is 6.70. The Labute approximate surface area is 205 Å². The fraction of sp³-hybridized carbons (Fsp3) is 0.400. The number of benzene rings is 1. The van der Waals surface area contributed by atoms with Gasteiger partial charge in [0, 0.05) is 30.3 Å². The molecular weight excluding hydrogens is 477 g/mol. The number of hydrogen-bond donors (Lipinski definition) is 3. The monoisotopic (exact) mass is 502 g/mol. The van der Waals surface area contributed by atoms with E-state index in [1.807, 2.05) is 12.1 Å². The van der Waals surface area contributed by atoms with Gasteiger partial charge in [-0.25, -0.2) is 9.80 Å². The first-order chi connectivity index (χ1) is 17.2. The Morgan fingerprint density at radius 2 is 1.83 bits per heavy atom. The van der Waals surface area contributed by atoms with Crippen LogP contribution in [0.5, 0.6) is 0 Å². The molecule has 0 spiro atoms. The van der Waals surface area contributed by atoms with E-state index >= 15 is 0 Å². The van der Waals surface area contributed by atoms with Crippen LogP contribution >= 0.6 is 0 Å². The number of halogens is 3. The number of nitrogens with zero attached hydrogens (tertiary/aromatic N) is 1. The lowest BCUT2D eigenvalue weighted by Gasteiger charge is -2.32. The zero-order valence-electron chi connectivity index (χ0n) is 19.3. The highest BCUT2D eigenvalue weighted by Crippen LogP contribution is 2.43. The average molecular weight is 502 g/mol. The van der Waals surface area contributed by atoms with Crippen molar-refractivity contribution in [2.24, 2.45) is 0 Å². The first kappa shape index (κ1) is 24.1. The first-order valence-electron chi connectivity index (χ1n) is 11.9. The number of ketones is 1. The van der Waals surface area contributed by atoms with Gasteiger partial charge in [-0.05, 0) is 36.6 Å². The molecule has 1 aromatic rings. The molecule has 5 rings (SSSR count). The van der Waals surface area contributed by atoms with E-state index in [1.165, 1.54) is 31.4 Å². The van der Waals surface area contributed by atoms with Gasteiger partial charge in [-0.1, -0.05) is 37.5 Å². The summed E-state index contributed by atoms with van der Waals surface area (Å²) in [7, 11) is 0. The predicted octanol–water partition coefficient (Wildman–Crippen LogP) is 3.35. The van der Waals surface area contributed by atoms with Gasteiger partial charge >= 0.3 is 12.1 Å². The molecule has 8 nitrogen and oxygen atoms in total. The van der Waals surface area contributed by atoms with Crippen LogP contribution in [0.1, 0.15) is 44.1 Å². The Kier molecular flexibility index (Phi) is 6.33. The van der Waals surface area contributed by atoms with Crippen LogP contribution in [0.15, 0.2) is 59.0 Å². The molecule has 11 heteroatoms. The highest BCUT2D eigenvalue weighted by molar-refractivity contribution is 6.03. The fourth-order valence-electron chi connectivity index (χ4n) is 4.92.